The summed E-state index contributed by atoms with van der Waals surface area (Å²) in [6, 6.07) is 8.22. The van der Waals surface area contributed by atoms with E-state index in [-0.39, 0.29) is 11.9 Å². The van der Waals surface area contributed by atoms with Crippen molar-refractivity contribution in [3.05, 3.63) is 34.9 Å². The Morgan fingerprint density at radius 1 is 1.35 bits per heavy atom. The van der Waals surface area contributed by atoms with Gasteiger partial charge in [0.25, 0.3) is 0 Å². The van der Waals surface area contributed by atoms with Gasteiger partial charge in [0.2, 0.25) is 5.91 Å². The van der Waals surface area contributed by atoms with Crippen LogP contribution in [0.25, 0.3) is 0 Å². The van der Waals surface area contributed by atoms with Crippen molar-refractivity contribution in [3.63, 3.8) is 0 Å². The van der Waals surface area contributed by atoms with Crippen LogP contribution in [0.2, 0.25) is 5.02 Å². The summed E-state index contributed by atoms with van der Waals surface area (Å²) in [5, 5.41) is 7.08. The first-order chi connectivity index (χ1) is 9.65. The second kappa shape index (κ2) is 7.65. The molecule has 4 heteroatoms. The Morgan fingerprint density at radius 3 is 2.80 bits per heavy atom. The van der Waals surface area contributed by atoms with E-state index >= 15 is 0 Å². The van der Waals surface area contributed by atoms with Crippen LogP contribution < -0.4 is 10.6 Å². The minimum Gasteiger partial charge on any atom is -0.352 e. The van der Waals surface area contributed by atoms with Gasteiger partial charge in [0.05, 0.1) is 6.54 Å². The molecule has 0 heterocycles. The number of nitrogens with one attached hydrogen (secondary N) is 2. The van der Waals surface area contributed by atoms with Crippen LogP contribution in [0, 0.1) is 0 Å². The van der Waals surface area contributed by atoms with Crippen molar-refractivity contribution in [2.45, 2.75) is 51.1 Å². The number of amides is 1. The van der Waals surface area contributed by atoms with Gasteiger partial charge in [-0.2, -0.15) is 0 Å². The molecule has 20 heavy (non-hydrogen) atoms. The molecule has 0 bridgehead atoms. The third-order valence-electron chi connectivity index (χ3n) is 3.89. The maximum Gasteiger partial charge on any atom is 0.234 e. The van der Waals surface area contributed by atoms with Crippen LogP contribution in [0.1, 0.15) is 50.6 Å². The number of benzene rings is 1. The van der Waals surface area contributed by atoms with Gasteiger partial charge in [0.1, 0.15) is 0 Å². The maximum absolute atomic E-state index is 11.9. The molecular weight excluding hydrogens is 272 g/mol. The molecule has 1 aromatic carbocycles. The molecule has 0 unspecified atom stereocenters. The molecule has 0 saturated heterocycles. The summed E-state index contributed by atoms with van der Waals surface area (Å²) in [7, 11) is 0. The molecule has 2 N–H and O–H groups in total. The van der Waals surface area contributed by atoms with Crippen molar-refractivity contribution in [3.8, 4) is 0 Å². The summed E-state index contributed by atoms with van der Waals surface area (Å²) < 4.78 is 0. The fourth-order valence-electron chi connectivity index (χ4n) is 2.67. The van der Waals surface area contributed by atoms with Crippen molar-refractivity contribution in [2.75, 3.05) is 6.54 Å². The van der Waals surface area contributed by atoms with Gasteiger partial charge in [-0.05, 0) is 37.5 Å². The molecule has 0 aromatic heterocycles. The monoisotopic (exact) mass is 294 g/mol. The average Bonchev–Trinajstić information content (AvgIpc) is 2.46. The molecule has 0 spiro atoms. The minimum absolute atomic E-state index is 0.0887. The van der Waals surface area contributed by atoms with Gasteiger partial charge in [-0.25, -0.2) is 0 Å². The lowest BCUT2D eigenvalue weighted by Crippen LogP contribution is -2.41. The molecule has 1 saturated carbocycles. The topological polar surface area (TPSA) is 41.1 Å². The highest BCUT2D eigenvalue weighted by Crippen LogP contribution is 2.18. The van der Waals surface area contributed by atoms with Gasteiger partial charge in [-0.3, -0.25) is 4.79 Å². The molecule has 1 amide bonds. The van der Waals surface area contributed by atoms with Crippen LogP contribution in [0.5, 0.6) is 0 Å². The number of carbonyl (C=O) groups excluding carboxylic acids is 1. The van der Waals surface area contributed by atoms with E-state index in [9.17, 15) is 4.79 Å². The van der Waals surface area contributed by atoms with Gasteiger partial charge < -0.3 is 10.6 Å². The first-order valence-electron chi connectivity index (χ1n) is 7.43. The highest BCUT2D eigenvalue weighted by Gasteiger charge is 2.16. The van der Waals surface area contributed by atoms with Crippen molar-refractivity contribution < 1.29 is 4.79 Å². The standard InChI is InChI=1S/C16H23ClN2O/c1-12(13-6-5-7-14(17)10-13)18-11-16(20)19-15-8-3-2-4-9-15/h5-7,10,12,15,18H,2-4,8-9,11H2,1H3,(H,19,20)/t12-/m1/s1. The largest absolute Gasteiger partial charge is 0.352 e. The zero-order chi connectivity index (χ0) is 14.4. The van der Waals surface area contributed by atoms with Gasteiger partial charge in [-0.15, -0.1) is 0 Å². The fraction of sp³-hybridized carbons (Fsp3) is 0.562. The van der Waals surface area contributed by atoms with E-state index in [1.807, 2.05) is 31.2 Å². The number of rotatable bonds is 5. The Hall–Kier alpha value is -1.06. The zero-order valence-corrected chi connectivity index (χ0v) is 12.7. The molecule has 0 aliphatic heterocycles. The van der Waals surface area contributed by atoms with Crippen LogP contribution in [0.15, 0.2) is 24.3 Å². The molecule has 1 aliphatic rings. The Kier molecular flexibility index (Phi) is 5.86. The van der Waals surface area contributed by atoms with Crippen molar-refractivity contribution >= 4 is 17.5 Å². The Bertz CT molecular complexity index is 444. The second-order valence-corrected chi connectivity index (χ2v) is 6.00. The molecule has 2 rings (SSSR count). The molecule has 110 valence electrons. The Balaban J connectivity index is 1.75. The lowest BCUT2D eigenvalue weighted by Gasteiger charge is -2.23. The van der Waals surface area contributed by atoms with Gasteiger partial charge in [-0.1, -0.05) is 43.0 Å². The molecular formula is C16H23ClN2O. The SMILES string of the molecule is C[C@@H](NCC(=O)NC1CCCCC1)c1cccc(Cl)c1. The van der Waals surface area contributed by atoms with E-state index in [4.69, 9.17) is 11.6 Å². The van der Waals surface area contributed by atoms with Crippen molar-refractivity contribution in [1.82, 2.24) is 10.6 Å². The third-order valence-corrected chi connectivity index (χ3v) is 4.12. The second-order valence-electron chi connectivity index (χ2n) is 5.56. The van der Waals surface area contributed by atoms with Crippen LogP contribution >= 0.6 is 11.6 Å². The van der Waals surface area contributed by atoms with Crippen LogP contribution in [-0.4, -0.2) is 18.5 Å². The predicted octanol–water partition coefficient (Wildman–Crippen LogP) is 3.44. The highest BCUT2D eigenvalue weighted by atomic mass is 35.5. The van der Waals surface area contributed by atoms with Gasteiger partial charge in [0, 0.05) is 17.1 Å². The molecule has 0 radical (unpaired) electrons. The number of halogens is 1. The van der Waals surface area contributed by atoms with E-state index in [1.165, 1.54) is 19.3 Å². The Morgan fingerprint density at radius 2 is 2.10 bits per heavy atom. The van der Waals surface area contributed by atoms with Crippen LogP contribution in [0.4, 0.5) is 0 Å². The quantitative estimate of drug-likeness (QED) is 0.873. The molecule has 1 aromatic rings. The summed E-state index contributed by atoms with van der Waals surface area (Å²) in [4.78, 5) is 11.9. The van der Waals surface area contributed by atoms with E-state index in [1.54, 1.807) is 0 Å². The zero-order valence-electron chi connectivity index (χ0n) is 12.0. The number of carbonyl (C=O) groups is 1. The van der Waals surface area contributed by atoms with Gasteiger partial charge >= 0.3 is 0 Å². The minimum atomic E-state index is 0.0887. The first kappa shape index (κ1) is 15.3. The fourth-order valence-corrected chi connectivity index (χ4v) is 2.86. The average molecular weight is 295 g/mol. The van der Waals surface area contributed by atoms with Crippen molar-refractivity contribution in [1.29, 1.82) is 0 Å². The number of hydrogen-bond acceptors (Lipinski definition) is 2. The molecule has 1 atom stereocenters. The third kappa shape index (κ3) is 4.80. The van der Waals surface area contributed by atoms with Crippen LogP contribution in [-0.2, 0) is 4.79 Å². The van der Waals surface area contributed by atoms with Crippen molar-refractivity contribution in [2.24, 2.45) is 0 Å². The smallest absolute Gasteiger partial charge is 0.234 e. The summed E-state index contributed by atoms with van der Waals surface area (Å²) in [6.45, 7) is 2.39. The molecule has 3 nitrogen and oxygen atoms in total. The van der Waals surface area contributed by atoms with E-state index in [0.29, 0.717) is 12.6 Å². The van der Waals surface area contributed by atoms with Gasteiger partial charge in [0.15, 0.2) is 0 Å². The summed E-state index contributed by atoms with van der Waals surface area (Å²) in [6.07, 6.45) is 6.01. The molecule has 1 fully saturated rings. The summed E-state index contributed by atoms with van der Waals surface area (Å²) >= 11 is 5.97. The maximum atomic E-state index is 11.9. The van der Waals surface area contributed by atoms with Crippen LogP contribution in [0.3, 0.4) is 0 Å². The number of hydrogen-bond donors (Lipinski definition) is 2. The van der Waals surface area contributed by atoms with E-state index < -0.39 is 0 Å². The van der Waals surface area contributed by atoms with E-state index in [0.717, 1.165) is 23.4 Å². The Labute approximate surface area is 126 Å². The first-order valence-corrected chi connectivity index (χ1v) is 7.81. The lowest BCUT2D eigenvalue weighted by molar-refractivity contribution is -0.121. The normalized spacial score (nSPS) is 17.7. The van der Waals surface area contributed by atoms with E-state index in [2.05, 4.69) is 10.6 Å². The summed E-state index contributed by atoms with van der Waals surface area (Å²) in [5.41, 5.74) is 1.10. The highest BCUT2D eigenvalue weighted by molar-refractivity contribution is 6.30. The summed E-state index contributed by atoms with van der Waals surface area (Å²) in [5.74, 6) is 0.0887. The molecule has 1 aliphatic carbocycles. The predicted molar refractivity (Wildman–Crippen MR) is 82.9 cm³/mol. The lowest BCUT2D eigenvalue weighted by atomic mass is 9.95.